The summed E-state index contributed by atoms with van der Waals surface area (Å²) in [4.78, 5) is 2.30. The molecule has 0 bridgehead atoms. The lowest BCUT2D eigenvalue weighted by Crippen LogP contribution is -2.30. The number of hydrogen-bond donors (Lipinski definition) is 2. The molecule has 0 aromatic heterocycles. The third-order valence-corrected chi connectivity index (χ3v) is 4.94. The van der Waals surface area contributed by atoms with Crippen molar-refractivity contribution in [3.8, 4) is 0 Å². The molecule has 0 aliphatic carbocycles. The highest BCUT2D eigenvalue weighted by molar-refractivity contribution is 5.77. The van der Waals surface area contributed by atoms with Crippen molar-refractivity contribution in [2.24, 2.45) is 5.41 Å². The lowest BCUT2D eigenvalue weighted by molar-refractivity contribution is 0.411. The maximum Gasteiger partial charge on any atom is 0.123 e. The molecule has 144 valence electrons. The van der Waals surface area contributed by atoms with Gasteiger partial charge in [-0.25, -0.2) is 4.39 Å². The number of nitrogens with one attached hydrogen (secondary N) is 1. The molecule has 0 radical (unpaired) electrons. The van der Waals surface area contributed by atoms with Crippen molar-refractivity contribution in [2.75, 3.05) is 22.5 Å². The summed E-state index contributed by atoms with van der Waals surface area (Å²) in [6, 6.07) is 9.27. The van der Waals surface area contributed by atoms with Crippen LogP contribution in [0.2, 0.25) is 0 Å². The molecule has 27 heavy (non-hydrogen) atoms. The van der Waals surface area contributed by atoms with Crippen LogP contribution in [0.1, 0.15) is 43.9 Å². The molecule has 1 aliphatic heterocycles. The van der Waals surface area contributed by atoms with Gasteiger partial charge < -0.3 is 16.0 Å². The topological polar surface area (TPSA) is 41.3 Å². The number of fused-ring (bicyclic) bond motifs is 1. The minimum absolute atomic E-state index is 0.159. The van der Waals surface area contributed by atoms with Gasteiger partial charge in [0.05, 0.1) is 11.4 Å². The van der Waals surface area contributed by atoms with Crippen molar-refractivity contribution < 1.29 is 4.39 Å². The Labute approximate surface area is 162 Å². The number of anilines is 3. The standard InChI is InChI=1S/C23H30FN3/c1-15-10-20(12-21(25)22(15)26-16(2)13-23(3,4)5)27-9-8-17-11-19(24)7-6-18(17)14-27/h6-7,10-12,26H,2,8-9,13-14,25H2,1,3-5H3. The summed E-state index contributed by atoms with van der Waals surface area (Å²) in [7, 11) is 0. The Hall–Kier alpha value is -2.49. The van der Waals surface area contributed by atoms with Gasteiger partial charge in [0.2, 0.25) is 0 Å². The SMILES string of the molecule is C=C(CC(C)(C)C)Nc1c(C)cc(N2CCc3cc(F)ccc3C2)cc1N. The molecule has 0 spiro atoms. The van der Waals surface area contributed by atoms with Gasteiger partial charge in [-0.2, -0.15) is 0 Å². The molecule has 2 aromatic rings. The number of nitrogens with two attached hydrogens (primary N) is 1. The van der Waals surface area contributed by atoms with Crippen molar-refractivity contribution in [1.29, 1.82) is 0 Å². The van der Waals surface area contributed by atoms with Gasteiger partial charge in [-0.05, 0) is 66.1 Å². The predicted octanol–water partition coefficient (Wildman–Crippen LogP) is 5.64. The quantitative estimate of drug-likeness (QED) is 0.687. The van der Waals surface area contributed by atoms with Gasteiger partial charge in [-0.15, -0.1) is 0 Å². The molecule has 2 aromatic carbocycles. The monoisotopic (exact) mass is 367 g/mol. The van der Waals surface area contributed by atoms with Crippen LogP contribution in [0, 0.1) is 18.2 Å². The molecule has 3 nitrogen and oxygen atoms in total. The van der Waals surface area contributed by atoms with Gasteiger partial charge in [-0.1, -0.05) is 33.4 Å². The number of nitrogens with zero attached hydrogens (tertiary/aromatic N) is 1. The number of benzene rings is 2. The molecule has 0 atom stereocenters. The molecule has 1 aliphatic rings. The van der Waals surface area contributed by atoms with Crippen molar-refractivity contribution in [3.05, 3.63) is 65.1 Å². The third kappa shape index (κ3) is 4.62. The highest BCUT2D eigenvalue weighted by Gasteiger charge is 2.19. The van der Waals surface area contributed by atoms with Gasteiger partial charge in [0.15, 0.2) is 0 Å². The average molecular weight is 368 g/mol. The lowest BCUT2D eigenvalue weighted by Gasteiger charge is -2.32. The average Bonchev–Trinajstić information content (AvgIpc) is 2.56. The van der Waals surface area contributed by atoms with E-state index in [1.54, 1.807) is 6.07 Å². The summed E-state index contributed by atoms with van der Waals surface area (Å²) in [5, 5.41) is 3.41. The van der Waals surface area contributed by atoms with Gasteiger partial charge >= 0.3 is 0 Å². The van der Waals surface area contributed by atoms with Crippen LogP contribution >= 0.6 is 0 Å². The Morgan fingerprint density at radius 1 is 1.22 bits per heavy atom. The van der Waals surface area contributed by atoms with E-state index < -0.39 is 0 Å². The second-order valence-electron chi connectivity index (χ2n) is 8.78. The number of allylic oxidation sites excluding steroid dienone is 1. The summed E-state index contributed by atoms with van der Waals surface area (Å²) < 4.78 is 13.4. The van der Waals surface area contributed by atoms with Crippen LogP contribution < -0.4 is 16.0 Å². The van der Waals surface area contributed by atoms with Crippen molar-refractivity contribution in [2.45, 2.75) is 47.1 Å². The zero-order chi connectivity index (χ0) is 19.8. The second kappa shape index (κ2) is 7.26. The van der Waals surface area contributed by atoms with Crippen LogP contribution in [-0.4, -0.2) is 6.54 Å². The fourth-order valence-electron chi connectivity index (χ4n) is 3.75. The number of halogens is 1. The van der Waals surface area contributed by atoms with E-state index >= 15 is 0 Å². The van der Waals surface area contributed by atoms with E-state index in [0.717, 1.165) is 59.8 Å². The van der Waals surface area contributed by atoms with Gasteiger partial charge in [0.25, 0.3) is 0 Å². The molecule has 1 heterocycles. The molecule has 0 amide bonds. The lowest BCUT2D eigenvalue weighted by atomic mass is 9.91. The molecule has 4 heteroatoms. The Bertz CT molecular complexity index is 841. The summed E-state index contributed by atoms with van der Waals surface area (Å²) in [6.45, 7) is 14.4. The molecule has 0 fully saturated rings. The first-order valence-corrected chi connectivity index (χ1v) is 9.49. The molecular formula is C23H30FN3. The predicted molar refractivity (Wildman–Crippen MR) is 114 cm³/mol. The highest BCUT2D eigenvalue weighted by atomic mass is 19.1. The maximum atomic E-state index is 13.4. The zero-order valence-corrected chi connectivity index (χ0v) is 16.8. The fraction of sp³-hybridized carbons (Fsp3) is 0.391. The molecule has 0 saturated carbocycles. The van der Waals surface area contributed by atoms with Crippen LogP contribution in [0.25, 0.3) is 0 Å². The minimum Gasteiger partial charge on any atom is -0.397 e. The van der Waals surface area contributed by atoms with Crippen LogP contribution in [0.5, 0.6) is 0 Å². The first-order chi connectivity index (χ1) is 12.6. The van der Waals surface area contributed by atoms with Crippen molar-refractivity contribution >= 4 is 17.1 Å². The third-order valence-electron chi connectivity index (χ3n) is 4.94. The first-order valence-electron chi connectivity index (χ1n) is 9.49. The first kappa shape index (κ1) is 19.3. The smallest absolute Gasteiger partial charge is 0.123 e. The van der Waals surface area contributed by atoms with Gasteiger partial charge in [0, 0.05) is 24.5 Å². The number of aryl methyl sites for hydroxylation is 1. The van der Waals surface area contributed by atoms with E-state index in [4.69, 9.17) is 5.73 Å². The van der Waals surface area contributed by atoms with Crippen molar-refractivity contribution in [1.82, 2.24) is 0 Å². The van der Waals surface area contributed by atoms with E-state index in [1.165, 1.54) is 11.6 Å². The van der Waals surface area contributed by atoms with Crippen LogP contribution in [0.4, 0.5) is 21.5 Å². The molecule has 0 saturated heterocycles. The summed E-state index contributed by atoms with van der Waals surface area (Å²) in [5.74, 6) is -0.159. The largest absolute Gasteiger partial charge is 0.397 e. The fourth-order valence-corrected chi connectivity index (χ4v) is 3.75. The van der Waals surface area contributed by atoms with Crippen LogP contribution in [0.15, 0.2) is 42.6 Å². The second-order valence-corrected chi connectivity index (χ2v) is 8.78. The Kier molecular flexibility index (Phi) is 5.18. The molecule has 3 rings (SSSR count). The van der Waals surface area contributed by atoms with Crippen molar-refractivity contribution in [3.63, 3.8) is 0 Å². The van der Waals surface area contributed by atoms with E-state index in [2.05, 4.69) is 50.6 Å². The number of nitrogen functional groups attached to an aromatic ring is 1. The minimum atomic E-state index is -0.159. The number of hydrogen-bond acceptors (Lipinski definition) is 3. The Morgan fingerprint density at radius 2 is 1.96 bits per heavy atom. The van der Waals surface area contributed by atoms with E-state index in [9.17, 15) is 4.39 Å². The Balaban J connectivity index is 1.79. The highest BCUT2D eigenvalue weighted by Crippen LogP contribution is 2.34. The normalized spacial score (nSPS) is 14.0. The van der Waals surface area contributed by atoms with E-state index in [0.29, 0.717) is 0 Å². The van der Waals surface area contributed by atoms with Crippen LogP contribution in [0.3, 0.4) is 0 Å². The number of rotatable bonds is 4. The van der Waals surface area contributed by atoms with Gasteiger partial charge in [0.1, 0.15) is 5.82 Å². The van der Waals surface area contributed by atoms with Gasteiger partial charge in [-0.3, -0.25) is 0 Å². The zero-order valence-electron chi connectivity index (χ0n) is 16.8. The summed E-state index contributed by atoms with van der Waals surface area (Å²) in [5.41, 5.74) is 13.7. The molecular weight excluding hydrogens is 337 g/mol. The molecule has 3 N–H and O–H groups in total. The molecule has 0 unspecified atom stereocenters. The van der Waals surface area contributed by atoms with E-state index in [-0.39, 0.29) is 11.2 Å². The van der Waals surface area contributed by atoms with Crippen LogP contribution in [-0.2, 0) is 13.0 Å². The maximum absolute atomic E-state index is 13.4. The Morgan fingerprint density at radius 3 is 2.63 bits per heavy atom. The summed E-state index contributed by atoms with van der Waals surface area (Å²) >= 11 is 0. The summed E-state index contributed by atoms with van der Waals surface area (Å²) in [6.07, 6.45) is 1.72. The van der Waals surface area contributed by atoms with E-state index in [1.807, 2.05) is 12.1 Å².